The van der Waals surface area contributed by atoms with Crippen LogP contribution in [0.3, 0.4) is 0 Å². The highest BCUT2D eigenvalue weighted by Gasteiger charge is 2.53. The summed E-state index contributed by atoms with van der Waals surface area (Å²) in [5, 5.41) is 0.442. The van der Waals surface area contributed by atoms with Gasteiger partial charge in [-0.1, -0.05) is 17.7 Å². The molecule has 0 bridgehead atoms. The molecule has 0 aromatic heterocycles. The summed E-state index contributed by atoms with van der Waals surface area (Å²) in [6.07, 6.45) is 2.10. The maximum absolute atomic E-state index is 12.8. The summed E-state index contributed by atoms with van der Waals surface area (Å²) >= 11 is 5.94. The number of rotatable bonds is 5. The summed E-state index contributed by atoms with van der Waals surface area (Å²) in [5.74, 6) is 0.511. The topological polar surface area (TPSA) is 49.9 Å². The fourth-order valence-electron chi connectivity index (χ4n) is 3.76. The zero-order valence-corrected chi connectivity index (χ0v) is 15.8. The molecule has 2 aliphatic rings. The second-order valence-electron chi connectivity index (χ2n) is 6.89. The molecule has 7 heteroatoms. The average Bonchev–Trinajstić information content (AvgIpc) is 2.52. The maximum Gasteiger partial charge on any atom is 0.243 e. The van der Waals surface area contributed by atoms with Crippen molar-refractivity contribution in [2.75, 3.05) is 39.9 Å². The van der Waals surface area contributed by atoms with E-state index in [4.69, 9.17) is 16.3 Å². The zero-order valence-electron chi connectivity index (χ0n) is 14.2. The first-order valence-electron chi connectivity index (χ1n) is 8.42. The molecule has 0 radical (unpaired) electrons. The number of nitrogens with zero attached hydrogens (tertiary/aromatic N) is 2. The highest BCUT2D eigenvalue weighted by Crippen LogP contribution is 2.40. The van der Waals surface area contributed by atoms with E-state index in [0.717, 1.165) is 32.6 Å². The fourth-order valence-corrected chi connectivity index (χ4v) is 5.66. The van der Waals surface area contributed by atoms with Crippen molar-refractivity contribution in [2.45, 2.75) is 30.2 Å². The lowest BCUT2D eigenvalue weighted by Gasteiger charge is -2.57. The lowest BCUT2D eigenvalue weighted by atomic mass is 9.77. The minimum atomic E-state index is -3.47. The molecule has 0 amide bonds. The van der Waals surface area contributed by atoms with E-state index in [2.05, 4.69) is 11.9 Å². The summed E-state index contributed by atoms with van der Waals surface area (Å²) in [5.41, 5.74) is -0.0499. The molecule has 134 valence electrons. The Morgan fingerprint density at radius 2 is 2.12 bits per heavy atom. The number of likely N-dealkylation sites (tertiary alicyclic amines) is 1. The molecule has 1 atom stereocenters. The number of benzene rings is 1. The van der Waals surface area contributed by atoms with Gasteiger partial charge in [0.15, 0.2) is 0 Å². The van der Waals surface area contributed by atoms with E-state index >= 15 is 0 Å². The number of halogens is 1. The fraction of sp³-hybridized carbons (Fsp3) is 0.647. The molecule has 1 aromatic carbocycles. The SMILES string of the molecule is CCOCC1CCN(C)C2(C1)CN(S(=O)(=O)c1cccc(Cl)c1)C2. The molecule has 5 nitrogen and oxygen atoms in total. The molecule has 2 aliphatic heterocycles. The van der Waals surface area contributed by atoms with Gasteiger partial charge < -0.3 is 4.74 Å². The lowest BCUT2D eigenvalue weighted by Crippen LogP contribution is -2.72. The summed E-state index contributed by atoms with van der Waals surface area (Å²) in [6.45, 7) is 5.58. The Bertz CT molecular complexity index is 687. The van der Waals surface area contributed by atoms with Crippen LogP contribution in [0, 0.1) is 5.92 Å². The summed E-state index contributed by atoms with van der Waals surface area (Å²) in [4.78, 5) is 2.59. The quantitative estimate of drug-likeness (QED) is 0.796. The van der Waals surface area contributed by atoms with Crippen LogP contribution >= 0.6 is 11.6 Å². The van der Waals surface area contributed by atoms with Crippen LogP contribution in [0.2, 0.25) is 5.02 Å². The smallest absolute Gasteiger partial charge is 0.243 e. The molecule has 0 saturated carbocycles. The summed E-state index contributed by atoms with van der Waals surface area (Å²) in [7, 11) is -1.37. The predicted octanol–water partition coefficient (Wildman–Crippen LogP) is 2.46. The van der Waals surface area contributed by atoms with Gasteiger partial charge in [-0.3, -0.25) is 4.90 Å². The molecule has 0 N–H and O–H groups in total. The van der Waals surface area contributed by atoms with Crippen LogP contribution in [0.15, 0.2) is 29.2 Å². The van der Waals surface area contributed by atoms with Crippen molar-refractivity contribution in [3.8, 4) is 0 Å². The highest BCUT2D eigenvalue weighted by atomic mass is 35.5. The van der Waals surface area contributed by atoms with Gasteiger partial charge >= 0.3 is 0 Å². The van der Waals surface area contributed by atoms with Gasteiger partial charge in [-0.2, -0.15) is 4.31 Å². The third-order valence-electron chi connectivity index (χ3n) is 5.28. The van der Waals surface area contributed by atoms with Gasteiger partial charge in [-0.25, -0.2) is 8.42 Å². The van der Waals surface area contributed by atoms with Crippen molar-refractivity contribution in [1.29, 1.82) is 0 Å². The Kier molecular flexibility index (Phi) is 5.23. The Morgan fingerprint density at radius 3 is 2.79 bits per heavy atom. The number of ether oxygens (including phenoxy) is 1. The minimum absolute atomic E-state index is 0.0499. The van der Waals surface area contributed by atoms with Gasteiger partial charge in [0, 0.05) is 36.9 Å². The average molecular weight is 373 g/mol. The van der Waals surface area contributed by atoms with Crippen molar-refractivity contribution in [1.82, 2.24) is 9.21 Å². The molecule has 24 heavy (non-hydrogen) atoms. The number of piperidine rings is 1. The molecule has 2 heterocycles. The van der Waals surface area contributed by atoms with Gasteiger partial charge in [0.1, 0.15) is 0 Å². The number of hydrogen-bond acceptors (Lipinski definition) is 4. The van der Waals surface area contributed by atoms with E-state index in [1.807, 2.05) is 6.92 Å². The summed E-state index contributed by atoms with van der Waals surface area (Å²) in [6, 6.07) is 6.49. The first-order chi connectivity index (χ1) is 11.4. The number of likely N-dealkylation sites (N-methyl/N-ethyl adjacent to an activating group) is 1. The third kappa shape index (κ3) is 3.35. The van der Waals surface area contributed by atoms with E-state index in [-0.39, 0.29) is 10.4 Å². The van der Waals surface area contributed by atoms with E-state index in [1.165, 1.54) is 6.07 Å². The van der Waals surface area contributed by atoms with E-state index < -0.39 is 10.0 Å². The molecule has 2 fully saturated rings. The lowest BCUT2D eigenvalue weighted by molar-refractivity contribution is -0.0576. The number of sulfonamides is 1. The van der Waals surface area contributed by atoms with Gasteiger partial charge in [0.05, 0.1) is 4.90 Å². The van der Waals surface area contributed by atoms with Crippen molar-refractivity contribution < 1.29 is 13.2 Å². The van der Waals surface area contributed by atoms with Gasteiger partial charge in [-0.05, 0) is 57.5 Å². The van der Waals surface area contributed by atoms with Gasteiger partial charge in [-0.15, -0.1) is 0 Å². The van der Waals surface area contributed by atoms with Crippen molar-refractivity contribution in [3.63, 3.8) is 0 Å². The maximum atomic E-state index is 12.8. The Labute approximate surface area is 149 Å². The molecule has 3 rings (SSSR count). The second-order valence-corrected chi connectivity index (χ2v) is 9.27. The minimum Gasteiger partial charge on any atom is -0.381 e. The number of hydrogen-bond donors (Lipinski definition) is 0. The largest absolute Gasteiger partial charge is 0.381 e. The van der Waals surface area contributed by atoms with E-state index in [9.17, 15) is 8.42 Å². The molecule has 1 spiro atoms. The Hall–Kier alpha value is -0.660. The highest BCUT2D eigenvalue weighted by molar-refractivity contribution is 7.89. The van der Waals surface area contributed by atoms with Crippen LogP contribution in [0.25, 0.3) is 0 Å². The van der Waals surface area contributed by atoms with Gasteiger partial charge in [0.2, 0.25) is 10.0 Å². The van der Waals surface area contributed by atoms with E-state index in [1.54, 1.807) is 22.5 Å². The van der Waals surface area contributed by atoms with Crippen LogP contribution < -0.4 is 0 Å². The van der Waals surface area contributed by atoms with Crippen LogP contribution in [0.4, 0.5) is 0 Å². The second kappa shape index (κ2) is 6.92. The first kappa shape index (κ1) is 18.1. The Balaban J connectivity index is 1.70. The van der Waals surface area contributed by atoms with Crippen LogP contribution in [-0.2, 0) is 14.8 Å². The van der Waals surface area contributed by atoms with Crippen LogP contribution in [0.5, 0.6) is 0 Å². The standard InChI is InChI=1S/C17H25ClN2O3S/c1-3-23-11-14-7-8-19(2)17(10-14)12-20(13-17)24(21,22)16-6-4-5-15(18)9-16/h4-6,9,14H,3,7-8,10-13H2,1-2H3. The third-order valence-corrected chi connectivity index (χ3v) is 7.31. The van der Waals surface area contributed by atoms with Gasteiger partial charge in [0.25, 0.3) is 0 Å². The first-order valence-corrected chi connectivity index (χ1v) is 10.2. The summed E-state index contributed by atoms with van der Waals surface area (Å²) < 4.78 is 32.7. The molecule has 0 aliphatic carbocycles. The molecule has 1 unspecified atom stereocenters. The Morgan fingerprint density at radius 1 is 1.38 bits per heavy atom. The predicted molar refractivity (Wildman–Crippen MR) is 94.8 cm³/mol. The molecule has 1 aromatic rings. The van der Waals surface area contributed by atoms with E-state index in [0.29, 0.717) is 24.0 Å². The monoisotopic (exact) mass is 372 g/mol. The van der Waals surface area contributed by atoms with Crippen molar-refractivity contribution >= 4 is 21.6 Å². The normalized spacial score (nSPS) is 24.9. The van der Waals surface area contributed by atoms with Crippen molar-refractivity contribution in [3.05, 3.63) is 29.3 Å². The molecular formula is C17H25ClN2O3S. The van der Waals surface area contributed by atoms with Crippen molar-refractivity contribution in [2.24, 2.45) is 5.92 Å². The molecule has 2 saturated heterocycles. The van der Waals surface area contributed by atoms with Crippen LogP contribution in [0.1, 0.15) is 19.8 Å². The van der Waals surface area contributed by atoms with Crippen LogP contribution in [-0.4, -0.2) is 63.1 Å². The molecular weight excluding hydrogens is 348 g/mol. The zero-order chi connectivity index (χ0) is 17.4.